The second-order valence-corrected chi connectivity index (χ2v) is 4.67. The van der Waals surface area contributed by atoms with E-state index in [1.165, 1.54) is 24.0 Å². The van der Waals surface area contributed by atoms with Crippen molar-refractivity contribution >= 4 is 0 Å². The minimum atomic E-state index is -4.33. The summed E-state index contributed by atoms with van der Waals surface area (Å²) < 4.78 is 50.0. The van der Waals surface area contributed by atoms with E-state index in [1.807, 2.05) is 0 Å². The zero-order valence-electron chi connectivity index (χ0n) is 10.9. The van der Waals surface area contributed by atoms with E-state index in [0.29, 0.717) is 18.5 Å². The third kappa shape index (κ3) is 5.16. The number of benzene rings is 1. The van der Waals surface area contributed by atoms with Gasteiger partial charge in [0.15, 0.2) is 6.30 Å². The summed E-state index contributed by atoms with van der Waals surface area (Å²) >= 11 is 0. The summed E-state index contributed by atoms with van der Waals surface area (Å²) in [6.07, 6.45) is -5.02. The van der Waals surface area contributed by atoms with Gasteiger partial charge in [0.2, 0.25) is 0 Å². The summed E-state index contributed by atoms with van der Waals surface area (Å²) in [5.74, 6) is 0. The summed E-state index contributed by atoms with van der Waals surface area (Å²) in [6, 6.07) is 4.55. The Hall–Kier alpha value is -1.14. The second kappa shape index (κ2) is 6.34. The van der Waals surface area contributed by atoms with Gasteiger partial charge < -0.3 is 5.73 Å². The molecule has 0 saturated carbocycles. The van der Waals surface area contributed by atoms with Gasteiger partial charge in [-0.05, 0) is 38.1 Å². The molecule has 1 unspecified atom stereocenters. The molecule has 2 nitrogen and oxygen atoms in total. The van der Waals surface area contributed by atoms with Crippen LogP contribution in [0.1, 0.15) is 18.1 Å². The first-order chi connectivity index (χ1) is 8.70. The SMILES string of the molecule is CC(F)N(C)C[C@@H](N)Cc1ccc(C(F)(F)F)cc1. The zero-order valence-corrected chi connectivity index (χ0v) is 10.9. The van der Waals surface area contributed by atoms with Gasteiger partial charge in [-0.25, -0.2) is 4.39 Å². The van der Waals surface area contributed by atoms with E-state index in [4.69, 9.17) is 5.73 Å². The van der Waals surface area contributed by atoms with E-state index in [0.717, 1.165) is 12.1 Å². The summed E-state index contributed by atoms with van der Waals surface area (Å²) in [4.78, 5) is 1.45. The Morgan fingerprint density at radius 2 is 1.74 bits per heavy atom. The molecule has 0 aliphatic heterocycles. The highest BCUT2D eigenvalue weighted by Gasteiger charge is 2.29. The molecule has 19 heavy (non-hydrogen) atoms. The van der Waals surface area contributed by atoms with Crippen LogP contribution in [0.25, 0.3) is 0 Å². The lowest BCUT2D eigenvalue weighted by molar-refractivity contribution is -0.137. The molecule has 1 aromatic rings. The number of hydrogen-bond acceptors (Lipinski definition) is 2. The Bertz CT molecular complexity index is 387. The number of nitrogens with two attached hydrogens (primary N) is 1. The van der Waals surface area contributed by atoms with Crippen LogP contribution in [-0.4, -0.2) is 30.8 Å². The van der Waals surface area contributed by atoms with Crippen LogP contribution in [-0.2, 0) is 12.6 Å². The van der Waals surface area contributed by atoms with Crippen LogP contribution in [0.5, 0.6) is 0 Å². The van der Waals surface area contributed by atoms with Crippen LogP contribution < -0.4 is 5.73 Å². The molecule has 2 N–H and O–H groups in total. The summed E-state index contributed by atoms with van der Waals surface area (Å²) in [5, 5.41) is 0. The van der Waals surface area contributed by atoms with Crippen LogP contribution in [0, 0.1) is 0 Å². The molecular weight excluding hydrogens is 260 g/mol. The maximum absolute atomic E-state index is 12.9. The van der Waals surface area contributed by atoms with Gasteiger partial charge in [0.05, 0.1) is 5.56 Å². The minimum Gasteiger partial charge on any atom is -0.326 e. The molecule has 2 atom stereocenters. The number of rotatable bonds is 5. The summed E-state index contributed by atoms with van der Waals surface area (Å²) in [5.41, 5.74) is 5.87. The second-order valence-electron chi connectivity index (χ2n) is 4.67. The van der Waals surface area contributed by atoms with E-state index < -0.39 is 18.0 Å². The van der Waals surface area contributed by atoms with Crippen LogP contribution in [0.15, 0.2) is 24.3 Å². The van der Waals surface area contributed by atoms with Gasteiger partial charge >= 0.3 is 6.18 Å². The molecule has 0 aromatic heterocycles. The Morgan fingerprint density at radius 3 is 2.16 bits per heavy atom. The van der Waals surface area contributed by atoms with Crippen molar-refractivity contribution in [2.75, 3.05) is 13.6 Å². The Morgan fingerprint density at radius 1 is 1.21 bits per heavy atom. The third-order valence-corrected chi connectivity index (χ3v) is 2.91. The lowest BCUT2D eigenvalue weighted by Crippen LogP contribution is -2.39. The maximum atomic E-state index is 12.9. The first-order valence-corrected chi connectivity index (χ1v) is 5.96. The van der Waals surface area contributed by atoms with Crippen molar-refractivity contribution in [3.8, 4) is 0 Å². The number of nitrogens with zero attached hydrogens (tertiary/aromatic N) is 1. The highest BCUT2D eigenvalue weighted by atomic mass is 19.4. The van der Waals surface area contributed by atoms with E-state index in [1.54, 1.807) is 7.05 Å². The molecule has 0 spiro atoms. The molecule has 0 aliphatic carbocycles. The van der Waals surface area contributed by atoms with Gasteiger partial charge in [0, 0.05) is 12.6 Å². The Balaban J connectivity index is 2.58. The molecule has 108 valence electrons. The van der Waals surface area contributed by atoms with Crippen molar-refractivity contribution < 1.29 is 17.6 Å². The molecule has 1 aromatic carbocycles. The topological polar surface area (TPSA) is 29.3 Å². The van der Waals surface area contributed by atoms with E-state index >= 15 is 0 Å². The fourth-order valence-electron chi connectivity index (χ4n) is 1.71. The molecule has 0 amide bonds. The number of likely N-dealkylation sites (N-methyl/N-ethyl adjacent to an activating group) is 1. The van der Waals surface area contributed by atoms with E-state index in [9.17, 15) is 17.6 Å². The Labute approximate surface area is 110 Å². The standard InChI is InChI=1S/C13H18F4N2/c1-9(14)19(2)8-12(18)7-10-3-5-11(6-4-10)13(15,16)17/h3-6,9,12H,7-8,18H2,1-2H3/t9?,12-/m0/s1. The first-order valence-electron chi connectivity index (χ1n) is 5.96. The number of alkyl halides is 4. The van der Waals surface area contributed by atoms with Gasteiger partial charge in [0.25, 0.3) is 0 Å². The van der Waals surface area contributed by atoms with Crippen LogP contribution in [0.2, 0.25) is 0 Å². The van der Waals surface area contributed by atoms with Crippen molar-refractivity contribution in [3.05, 3.63) is 35.4 Å². The fraction of sp³-hybridized carbons (Fsp3) is 0.538. The zero-order chi connectivity index (χ0) is 14.6. The van der Waals surface area contributed by atoms with Crippen molar-refractivity contribution in [1.82, 2.24) is 4.90 Å². The molecule has 0 radical (unpaired) electrons. The average molecular weight is 278 g/mol. The quantitative estimate of drug-likeness (QED) is 0.663. The maximum Gasteiger partial charge on any atom is 0.416 e. The predicted octanol–water partition coefficient (Wildman–Crippen LogP) is 2.82. The van der Waals surface area contributed by atoms with Crippen molar-refractivity contribution in [2.24, 2.45) is 5.73 Å². The molecule has 0 heterocycles. The van der Waals surface area contributed by atoms with Gasteiger partial charge in [-0.3, -0.25) is 4.90 Å². The lowest BCUT2D eigenvalue weighted by atomic mass is 10.0. The molecule has 6 heteroatoms. The van der Waals surface area contributed by atoms with E-state index in [2.05, 4.69) is 0 Å². The molecular formula is C13H18F4N2. The Kier molecular flexibility index (Phi) is 5.31. The normalized spacial score (nSPS) is 15.6. The third-order valence-electron chi connectivity index (χ3n) is 2.91. The molecule has 0 bridgehead atoms. The predicted molar refractivity (Wildman–Crippen MR) is 66.3 cm³/mol. The van der Waals surface area contributed by atoms with Gasteiger partial charge in [0.1, 0.15) is 0 Å². The highest BCUT2D eigenvalue weighted by Crippen LogP contribution is 2.29. The van der Waals surface area contributed by atoms with Crippen LogP contribution in [0.4, 0.5) is 17.6 Å². The minimum absolute atomic E-state index is 0.320. The first kappa shape index (κ1) is 15.9. The average Bonchev–Trinajstić information content (AvgIpc) is 2.28. The van der Waals surface area contributed by atoms with Crippen LogP contribution >= 0.6 is 0 Å². The lowest BCUT2D eigenvalue weighted by Gasteiger charge is -2.22. The molecule has 0 aliphatic rings. The largest absolute Gasteiger partial charge is 0.416 e. The summed E-state index contributed by atoms with van der Waals surface area (Å²) in [6.45, 7) is 1.75. The number of hydrogen-bond donors (Lipinski definition) is 1. The van der Waals surface area contributed by atoms with Crippen molar-refractivity contribution in [2.45, 2.75) is 31.9 Å². The number of halogens is 4. The van der Waals surface area contributed by atoms with Crippen molar-refractivity contribution in [1.29, 1.82) is 0 Å². The molecule has 0 fully saturated rings. The van der Waals surface area contributed by atoms with Gasteiger partial charge in [-0.1, -0.05) is 12.1 Å². The molecule has 0 saturated heterocycles. The smallest absolute Gasteiger partial charge is 0.326 e. The monoisotopic (exact) mass is 278 g/mol. The summed E-state index contributed by atoms with van der Waals surface area (Å²) in [7, 11) is 1.61. The van der Waals surface area contributed by atoms with E-state index in [-0.39, 0.29) is 6.04 Å². The van der Waals surface area contributed by atoms with Gasteiger partial charge in [-0.15, -0.1) is 0 Å². The highest BCUT2D eigenvalue weighted by molar-refractivity contribution is 5.25. The fourth-order valence-corrected chi connectivity index (χ4v) is 1.71. The van der Waals surface area contributed by atoms with Gasteiger partial charge in [-0.2, -0.15) is 13.2 Å². The molecule has 1 rings (SSSR count). The van der Waals surface area contributed by atoms with Crippen molar-refractivity contribution in [3.63, 3.8) is 0 Å². The van der Waals surface area contributed by atoms with Crippen LogP contribution in [0.3, 0.4) is 0 Å².